The van der Waals surface area contributed by atoms with Gasteiger partial charge in [-0.15, -0.1) is 0 Å². The van der Waals surface area contributed by atoms with Crippen molar-refractivity contribution in [2.24, 2.45) is 0 Å². The van der Waals surface area contributed by atoms with Crippen LogP contribution in [0.4, 0.5) is 20.2 Å². The molecule has 2 aliphatic rings. The van der Waals surface area contributed by atoms with Gasteiger partial charge in [-0.25, -0.2) is 8.78 Å². The summed E-state index contributed by atoms with van der Waals surface area (Å²) in [5.41, 5.74) is 0.309. The molecular weight excluding hydrogens is 486 g/mol. The van der Waals surface area contributed by atoms with Crippen molar-refractivity contribution in [3.8, 4) is 11.5 Å². The molecule has 0 aromatic heterocycles. The second-order valence-corrected chi connectivity index (χ2v) is 9.19. The number of ether oxygens (including phenoxy) is 2. The number of nitro benzene ring substituents is 1. The Hall–Kier alpha value is -3.47. The van der Waals surface area contributed by atoms with E-state index in [0.29, 0.717) is 83.1 Å². The summed E-state index contributed by atoms with van der Waals surface area (Å²) < 4.78 is 38.6. The molecule has 37 heavy (non-hydrogen) atoms. The fourth-order valence-electron chi connectivity index (χ4n) is 4.77. The number of rotatable bonds is 9. The maximum absolute atomic E-state index is 14.1. The molecule has 0 radical (unpaired) electrons. The molecular formula is C26H32F2N4O5. The number of hydrogen-bond donors (Lipinski definition) is 0. The minimum Gasteiger partial charge on any atom is -0.490 e. The summed E-state index contributed by atoms with van der Waals surface area (Å²) in [6, 6.07) is 8.14. The quantitative estimate of drug-likeness (QED) is 0.368. The maximum Gasteiger partial charge on any atom is 0.311 e. The van der Waals surface area contributed by atoms with E-state index >= 15 is 0 Å². The number of nitro groups is 1. The molecule has 0 saturated carbocycles. The normalized spacial score (nSPS) is 17.1. The summed E-state index contributed by atoms with van der Waals surface area (Å²) in [7, 11) is 0. The van der Waals surface area contributed by atoms with Crippen LogP contribution in [0.25, 0.3) is 0 Å². The van der Waals surface area contributed by atoms with Crippen LogP contribution in [0.3, 0.4) is 0 Å². The highest BCUT2D eigenvalue weighted by Gasteiger charge is 2.26. The van der Waals surface area contributed by atoms with Crippen LogP contribution >= 0.6 is 0 Å². The number of nitrogens with zero attached hydrogens (tertiary/aromatic N) is 4. The number of carbonyl (C=O) groups excluding carboxylic acids is 1. The first-order valence-corrected chi connectivity index (χ1v) is 12.6. The van der Waals surface area contributed by atoms with Gasteiger partial charge in [0.1, 0.15) is 23.5 Å². The lowest BCUT2D eigenvalue weighted by atomic mass is 10.1. The van der Waals surface area contributed by atoms with Crippen LogP contribution in [0, 0.1) is 21.7 Å². The first kappa shape index (κ1) is 26.6. The Morgan fingerprint density at radius 2 is 1.78 bits per heavy atom. The topological polar surface area (TPSA) is 88.4 Å². The van der Waals surface area contributed by atoms with E-state index in [1.54, 1.807) is 19.1 Å². The van der Waals surface area contributed by atoms with Crippen LogP contribution in [-0.2, 0) is 4.79 Å². The van der Waals surface area contributed by atoms with Crippen molar-refractivity contribution in [3.05, 3.63) is 58.1 Å². The van der Waals surface area contributed by atoms with E-state index in [0.717, 1.165) is 6.07 Å². The van der Waals surface area contributed by atoms with Gasteiger partial charge in [0, 0.05) is 83.3 Å². The zero-order valence-corrected chi connectivity index (χ0v) is 20.9. The first-order chi connectivity index (χ1) is 17.8. The smallest absolute Gasteiger partial charge is 0.311 e. The fourth-order valence-corrected chi connectivity index (χ4v) is 4.77. The van der Waals surface area contributed by atoms with Gasteiger partial charge in [-0.1, -0.05) is 0 Å². The van der Waals surface area contributed by atoms with Gasteiger partial charge in [0.25, 0.3) is 0 Å². The molecule has 2 saturated heterocycles. The number of amides is 1. The molecule has 2 fully saturated rings. The number of halogens is 2. The Labute approximate surface area is 214 Å². The number of anilines is 1. The van der Waals surface area contributed by atoms with Crippen molar-refractivity contribution in [3.63, 3.8) is 0 Å². The number of piperidine rings is 1. The zero-order chi connectivity index (χ0) is 26.4. The predicted octanol–water partition coefficient (Wildman–Crippen LogP) is 3.85. The lowest BCUT2D eigenvalue weighted by Crippen LogP contribution is -2.48. The number of benzene rings is 2. The van der Waals surface area contributed by atoms with Gasteiger partial charge in [0.05, 0.1) is 17.2 Å². The molecule has 2 aliphatic heterocycles. The van der Waals surface area contributed by atoms with Crippen LogP contribution in [0.15, 0.2) is 36.4 Å². The highest BCUT2D eigenvalue weighted by molar-refractivity contribution is 5.76. The van der Waals surface area contributed by atoms with Gasteiger partial charge in [0.2, 0.25) is 11.7 Å². The van der Waals surface area contributed by atoms with E-state index in [1.165, 1.54) is 18.2 Å². The average molecular weight is 519 g/mol. The second kappa shape index (κ2) is 12.2. The lowest BCUT2D eigenvalue weighted by Gasteiger charge is -2.37. The fraction of sp³-hybridized carbons (Fsp3) is 0.500. The van der Waals surface area contributed by atoms with Crippen molar-refractivity contribution in [1.82, 2.24) is 9.80 Å². The molecule has 0 atom stereocenters. The van der Waals surface area contributed by atoms with Crippen LogP contribution in [-0.4, -0.2) is 79.2 Å². The molecule has 2 aromatic rings. The number of piperazine rings is 1. The van der Waals surface area contributed by atoms with E-state index in [9.17, 15) is 23.7 Å². The van der Waals surface area contributed by atoms with Crippen molar-refractivity contribution in [2.75, 3.05) is 57.3 Å². The maximum atomic E-state index is 14.1. The molecule has 9 nitrogen and oxygen atoms in total. The van der Waals surface area contributed by atoms with Crippen LogP contribution in [0.2, 0.25) is 0 Å². The van der Waals surface area contributed by atoms with E-state index < -0.39 is 16.6 Å². The minimum absolute atomic E-state index is 0.0834. The van der Waals surface area contributed by atoms with Crippen molar-refractivity contribution >= 4 is 17.3 Å². The first-order valence-electron chi connectivity index (χ1n) is 12.6. The van der Waals surface area contributed by atoms with Gasteiger partial charge < -0.3 is 19.3 Å². The van der Waals surface area contributed by atoms with E-state index in [-0.39, 0.29) is 23.4 Å². The molecule has 0 spiro atoms. The van der Waals surface area contributed by atoms with Crippen molar-refractivity contribution < 1.29 is 28.0 Å². The van der Waals surface area contributed by atoms with E-state index in [4.69, 9.17) is 9.47 Å². The minimum atomic E-state index is -0.587. The molecule has 4 rings (SSSR count). The monoisotopic (exact) mass is 518 g/mol. The summed E-state index contributed by atoms with van der Waals surface area (Å²) in [6.07, 6.45) is 1.68. The van der Waals surface area contributed by atoms with Gasteiger partial charge in [-0.05, 0) is 25.1 Å². The predicted molar refractivity (Wildman–Crippen MR) is 134 cm³/mol. The number of carbonyl (C=O) groups is 1. The molecule has 0 bridgehead atoms. The molecule has 0 unspecified atom stereocenters. The number of likely N-dealkylation sites (tertiary alicyclic amines) is 1. The molecule has 200 valence electrons. The Kier molecular flexibility index (Phi) is 8.75. The van der Waals surface area contributed by atoms with Crippen LogP contribution in [0.1, 0.15) is 26.2 Å². The molecule has 2 heterocycles. The Balaban J connectivity index is 1.19. The third-order valence-electron chi connectivity index (χ3n) is 6.79. The van der Waals surface area contributed by atoms with Gasteiger partial charge >= 0.3 is 5.69 Å². The SMILES string of the molecule is CCOc1cc(OC2CCN(C(=O)CCN3CCN(c4ccc(F)cc4F)CC3)CC2)ccc1[N+](=O)[O-]. The van der Waals surface area contributed by atoms with Gasteiger partial charge in [-0.2, -0.15) is 0 Å². The molecule has 2 aromatic carbocycles. The zero-order valence-electron chi connectivity index (χ0n) is 20.9. The largest absolute Gasteiger partial charge is 0.490 e. The molecule has 0 N–H and O–H groups in total. The Bertz CT molecular complexity index is 1100. The van der Waals surface area contributed by atoms with E-state index in [2.05, 4.69) is 4.90 Å². The summed E-state index contributed by atoms with van der Waals surface area (Å²) >= 11 is 0. The summed E-state index contributed by atoms with van der Waals surface area (Å²) in [6.45, 7) is 6.54. The Morgan fingerprint density at radius 3 is 2.43 bits per heavy atom. The number of hydrogen-bond acceptors (Lipinski definition) is 7. The summed E-state index contributed by atoms with van der Waals surface area (Å²) in [5, 5.41) is 11.2. The third-order valence-corrected chi connectivity index (χ3v) is 6.79. The van der Waals surface area contributed by atoms with Crippen molar-refractivity contribution in [1.29, 1.82) is 0 Å². The summed E-state index contributed by atoms with van der Waals surface area (Å²) in [4.78, 5) is 29.4. The standard InChI is InChI=1S/C26H32F2N4O5/c1-2-36-25-18-21(4-6-24(25)32(34)35)37-20-7-11-31(12-8-20)26(33)9-10-29-13-15-30(16-14-29)23-5-3-19(27)17-22(23)28/h3-6,17-18,20H,2,7-16H2,1H3. The van der Waals surface area contributed by atoms with Gasteiger partial charge in [-0.3, -0.25) is 19.8 Å². The summed E-state index contributed by atoms with van der Waals surface area (Å²) in [5.74, 6) is -0.352. The average Bonchev–Trinajstić information content (AvgIpc) is 2.88. The lowest BCUT2D eigenvalue weighted by molar-refractivity contribution is -0.385. The molecule has 1 amide bonds. The molecule has 0 aliphatic carbocycles. The van der Waals surface area contributed by atoms with Crippen LogP contribution in [0.5, 0.6) is 11.5 Å². The highest BCUT2D eigenvalue weighted by atomic mass is 19.1. The van der Waals surface area contributed by atoms with Crippen molar-refractivity contribution in [2.45, 2.75) is 32.3 Å². The van der Waals surface area contributed by atoms with Crippen LogP contribution < -0.4 is 14.4 Å². The molecule has 11 heteroatoms. The highest BCUT2D eigenvalue weighted by Crippen LogP contribution is 2.32. The van der Waals surface area contributed by atoms with E-state index in [1.807, 2.05) is 9.80 Å². The Morgan fingerprint density at radius 1 is 1.05 bits per heavy atom. The third kappa shape index (κ3) is 6.85. The van der Waals surface area contributed by atoms with Gasteiger partial charge in [0.15, 0.2) is 0 Å². The second-order valence-electron chi connectivity index (χ2n) is 9.19.